The molecule has 6 nitrogen and oxygen atoms in total. The third-order valence-electron chi connectivity index (χ3n) is 2.08. The topological polar surface area (TPSA) is 78.4 Å². The molecule has 2 heterocycles. The largest absolute Gasteiger partial charge is 0.469 e. The first-order valence-electron chi connectivity index (χ1n) is 4.74. The number of hydrogen-bond acceptors (Lipinski definition) is 6. The summed E-state index contributed by atoms with van der Waals surface area (Å²) in [6.07, 6.45) is 2.24. The van der Waals surface area contributed by atoms with Gasteiger partial charge < -0.3 is 13.6 Å². The van der Waals surface area contributed by atoms with Crippen LogP contribution in [0.3, 0.4) is 0 Å². The van der Waals surface area contributed by atoms with Gasteiger partial charge in [0, 0.05) is 6.42 Å². The van der Waals surface area contributed by atoms with Crippen molar-refractivity contribution < 1.29 is 18.4 Å². The average Bonchev–Trinajstić information content (AvgIpc) is 2.95. The number of nitrogens with zero attached hydrogens (tertiary/aromatic N) is 2. The third kappa shape index (κ3) is 1.69. The van der Waals surface area contributed by atoms with Crippen LogP contribution in [0, 0.1) is 0 Å². The summed E-state index contributed by atoms with van der Waals surface area (Å²) < 4.78 is 14.9. The molecule has 84 valence electrons. The van der Waals surface area contributed by atoms with Crippen molar-refractivity contribution in [2.45, 2.75) is 13.3 Å². The summed E-state index contributed by atoms with van der Waals surface area (Å²) in [6.45, 7) is 1.94. The summed E-state index contributed by atoms with van der Waals surface area (Å²) in [5, 5.41) is 7.34. The van der Waals surface area contributed by atoms with Crippen LogP contribution in [0.4, 0.5) is 0 Å². The standard InChI is InChI=1S/C10H10N2O4/c1-3-7-6(4-5-15-7)8-11-12-9(16-8)10(13)14-2/h4-5H,3H2,1-2H3. The highest BCUT2D eigenvalue weighted by Gasteiger charge is 2.18. The van der Waals surface area contributed by atoms with E-state index in [2.05, 4.69) is 14.9 Å². The molecule has 0 amide bonds. The van der Waals surface area contributed by atoms with Crippen LogP contribution >= 0.6 is 0 Å². The molecular weight excluding hydrogens is 212 g/mol. The van der Waals surface area contributed by atoms with Crippen LogP contribution in [0.1, 0.15) is 23.4 Å². The normalized spacial score (nSPS) is 10.4. The van der Waals surface area contributed by atoms with Gasteiger partial charge in [0.2, 0.25) is 0 Å². The zero-order valence-corrected chi connectivity index (χ0v) is 8.89. The summed E-state index contributed by atoms with van der Waals surface area (Å²) in [5.41, 5.74) is 0.699. The van der Waals surface area contributed by atoms with Crippen LogP contribution < -0.4 is 0 Å². The van der Waals surface area contributed by atoms with Crippen molar-refractivity contribution in [1.29, 1.82) is 0 Å². The molecule has 0 spiro atoms. The summed E-state index contributed by atoms with van der Waals surface area (Å²) in [7, 11) is 1.25. The fourth-order valence-corrected chi connectivity index (χ4v) is 1.31. The Labute approximate surface area is 91.2 Å². The Morgan fingerprint density at radius 1 is 1.50 bits per heavy atom. The van der Waals surface area contributed by atoms with Crippen LogP contribution in [-0.4, -0.2) is 23.3 Å². The van der Waals surface area contributed by atoms with Gasteiger partial charge in [0.15, 0.2) is 0 Å². The maximum atomic E-state index is 11.1. The quantitative estimate of drug-likeness (QED) is 0.735. The smallest absolute Gasteiger partial charge is 0.396 e. The molecule has 0 aromatic carbocycles. The van der Waals surface area contributed by atoms with Gasteiger partial charge in [0.05, 0.1) is 18.9 Å². The predicted molar refractivity (Wildman–Crippen MR) is 52.7 cm³/mol. The second-order valence-corrected chi connectivity index (χ2v) is 3.01. The zero-order valence-electron chi connectivity index (χ0n) is 8.89. The first kappa shape index (κ1) is 10.4. The molecule has 0 saturated heterocycles. The van der Waals surface area contributed by atoms with Gasteiger partial charge in [-0.15, -0.1) is 10.2 Å². The highest BCUT2D eigenvalue weighted by molar-refractivity contribution is 5.84. The highest BCUT2D eigenvalue weighted by atomic mass is 16.5. The van der Waals surface area contributed by atoms with E-state index in [4.69, 9.17) is 8.83 Å². The number of aryl methyl sites for hydroxylation is 1. The first-order valence-corrected chi connectivity index (χ1v) is 4.74. The molecule has 0 fully saturated rings. The molecule has 0 aliphatic carbocycles. The second kappa shape index (κ2) is 4.18. The number of carbonyl (C=O) groups is 1. The number of furan rings is 1. The number of ether oxygens (including phenoxy) is 1. The average molecular weight is 222 g/mol. The summed E-state index contributed by atoms with van der Waals surface area (Å²) in [5.74, 6) is 0.173. The van der Waals surface area contributed by atoms with Gasteiger partial charge >= 0.3 is 11.9 Å². The SMILES string of the molecule is CCc1occc1-c1nnc(C(=O)OC)o1. The molecule has 16 heavy (non-hydrogen) atoms. The van der Waals surface area contributed by atoms with Crippen LogP contribution in [0.15, 0.2) is 21.2 Å². The van der Waals surface area contributed by atoms with E-state index in [0.717, 1.165) is 5.76 Å². The molecule has 2 rings (SSSR count). The van der Waals surface area contributed by atoms with E-state index in [9.17, 15) is 4.79 Å². The van der Waals surface area contributed by atoms with E-state index in [1.807, 2.05) is 6.92 Å². The third-order valence-corrected chi connectivity index (χ3v) is 2.08. The summed E-state index contributed by atoms with van der Waals surface area (Å²) >= 11 is 0. The molecule has 2 aromatic rings. The van der Waals surface area contributed by atoms with Crippen LogP contribution in [0.2, 0.25) is 0 Å². The van der Waals surface area contributed by atoms with Gasteiger partial charge in [-0.3, -0.25) is 0 Å². The van der Waals surface area contributed by atoms with Gasteiger partial charge in [-0.05, 0) is 6.07 Å². The number of aromatic nitrogens is 2. The molecule has 0 aliphatic rings. The van der Waals surface area contributed by atoms with Crippen molar-refractivity contribution in [2.75, 3.05) is 7.11 Å². The molecule has 6 heteroatoms. The van der Waals surface area contributed by atoms with Gasteiger partial charge in [0.25, 0.3) is 5.89 Å². The van der Waals surface area contributed by atoms with E-state index in [1.165, 1.54) is 13.4 Å². The maximum Gasteiger partial charge on any atom is 0.396 e. The number of methoxy groups -OCH3 is 1. The Morgan fingerprint density at radius 2 is 2.31 bits per heavy atom. The van der Waals surface area contributed by atoms with E-state index < -0.39 is 5.97 Å². The molecule has 0 aliphatic heterocycles. The van der Waals surface area contributed by atoms with Crippen molar-refractivity contribution >= 4 is 5.97 Å². The van der Waals surface area contributed by atoms with Gasteiger partial charge in [-0.25, -0.2) is 4.79 Å². The van der Waals surface area contributed by atoms with Crippen molar-refractivity contribution in [3.8, 4) is 11.5 Å². The summed E-state index contributed by atoms with van der Waals surface area (Å²) in [4.78, 5) is 11.1. The van der Waals surface area contributed by atoms with Crippen molar-refractivity contribution in [3.63, 3.8) is 0 Å². The Balaban J connectivity index is 2.35. The van der Waals surface area contributed by atoms with Crippen molar-refractivity contribution in [1.82, 2.24) is 10.2 Å². The van der Waals surface area contributed by atoms with E-state index in [1.54, 1.807) is 6.07 Å². The van der Waals surface area contributed by atoms with Gasteiger partial charge in [0.1, 0.15) is 5.76 Å². The highest BCUT2D eigenvalue weighted by Crippen LogP contribution is 2.24. The Hall–Kier alpha value is -2.11. The summed E-state index contributed by atoms with van der Waals surface area (Å²) in [6, 6.07) is 1.72. The minimum Gasteiger partial charge on any atom is -0.469 e. The van der Waals surface area contributed by atoms with E-state index in [0.29, 0.717) is 12.0 Å². The fourth-order valence-electron chi connectivity index (χ4n) is 1.31. The van der Waals surface area contributed by atoms with E-state index in [-0.39, 0.29) is 11.8 Å². The molecule has 0 N–H and O–H groups in total. The van der Waals surface area contributed by atoms with Crippen LogP contribution in [0.25, 0.3) is 11.5 Å². The lowest BCUT2D eigenvalue weighted by atomic mass is 10.2. The first-order chi connectivity index (χ1) is 7.76. The molecule has 0 unspecified atom stereocenters. The fraction of sp³-hybridized carbons (Fsp3) is 0.300. The minimum absolute atomic E-state index is 0.166. The predicted octanol–water partition coefficient (Wildman–Crippen LogP) is 1.68. The van der Waals surface area contributed by atoms with Crippen LogP contribution in [-0.2, 0) is 11.2 Å². The second-order valence-electron chi connectivity index (χ2n) is 3.01. The molecule has 0 bridgehead atoms. The van der Waals surface area contributed by atoms with Crippen molar-refractivity contribution in [2.24, 2.45) is 0 Å². The molecule has 0 radical (unpaired) electrons. The molecule has 2 aromatic heterocycles. The molecule has 0 atom stereocenters. The van der Waals surface area contributed by atoms with Gasteiger partial charge in [-0.2, -0.15) is 0 Å². The molecule has 0 saturated carbocycles. The number of hydrogen-bond donors (Lipinski definition) is 0. The lowest BCUT2D eigenvalue weighted by Crippen LogP contribution is -2.00. The minimum atomic E-state index is -0.653. The maximum absolute atomic E-state index is 11.1. The Bertz CT molecular complexity index is 500. The Kier molecular flexibility index (Phi) is 2.72. The lowest BCUT2D eigenvalue weighted by molar-refractivity contribution is 0.0556. The van der Waals surface area contributed by atoms with E-state index >= 15 is 0 Å². The van der Waals surface area contributed by atoms with Crippen LogP contribution in [0.5, 0.6) is 0 Å². The number of carbonyl (C=O) groups excluding carboxylic acids is 1. The van der Waals surface area contributed by atoms with Gasteiger partial charge in [-0.1, -0.05) is 6.92 Å². The molecular formula is C10H10N2O4. The zero-order chi connectivity index (χ0) is 11.5. The number of rotatable bonds is 3. The lowest BCUT2D eigenvalue weighted by Gasteiger charge is -1.93. The Morgan fingerprint density at radius 3 is 3.00 bits per heavy atom. The monoisotopic (exact) mass is 222 g/mol. The number of esters is 1. The van der Waals surface area contributed by atoms with Crippen molar-refractivity contribution in [3.05, 3.63) is 24.0 Å².